The topological polar surface area (TPSA) is 37.3 Å². The van der Waals surface area contributed by atoms with Crippen LogP contribution in [0.2, 0.25) is 0 Å². The van der Waals surface area contributed by atoms with E-state index in [4.69, 9.17) is 5.11 Å². The maximum Gasteiger partial charge on any atom is 0.330 e. The molecule has 90 valence electrons. The van der Waals surface area contributed by atoms with Gasteiger partial charge >= 0.3 is 5.97 Å². The molecule has 0 aliphatic heterocycles. The van der Waals surface area contributed by atoms with Gasteiger partial charge in [-0.1, -0.05) is 55.7 Å². The summed E-state index contributed by atoms with van der Waals surface area (Å²) >= 11 is 0. The minimum atomic E-state index is -0.845. The largest absolute Gasteiger partial charge is 0.478 e. The highest BCUT2D eigenvalue weighted by atomic mass is 16.4. The first-order valence-corrected chi connectivity index (χ1v) is 5.26. The van der Waals surface area contributed by atoms with Crippen LogP contribution in [0.25, 0.3) is 12.2 Å². The van der Waals surface area contributed by atoms with Gasteiger partial charge in [-0.15, -0.1) is 0 Å². The number of hydrogen-bond donors (Lipinski definition) is 1. The SMILES string of the molecule is C=Cc1ccccc1C=C.CC=C(C)C(=O)O. The van der Waals surface area contributed by atoms with Gasteiger partial charge in [-0.05, 0) is 25.0 Å². The Bertz CT molecular complexity index is 401. The molecule has 0 heterocycles. The minimum Gasteiger partial charge on any atom is -0.478 e. The molecule has 0 aliphatic carbocycles. The van der Waals surface area contributed by atoms with Crippen LogP contribution >= 0.6 is 0 Å². The van der Waals surface area contributed by atoms with Crippen LogP contribution in [0.4, 0.5) is 0 Å². The molecule has 1 aromatic carbocycles. The second-order valence-electron chi connectivity index (χ2n) is 3.31. The van der Waals surface area contributed by atoms with Crippen molar-refractivity contribution in [1.82, 2.24) is 0 Å². The zero-order valence-corrected chi connectivity index (χ0v) is 10.3. The number of rotatable bonds is 3. The molecule has 0 saturated carbocycles. The quantitative estimate of drug-likeness (QED) is 0.796. The van der Waals surface area contributed by atoms with E-state index < -0.39 is 5.97 Å². The molecule has 17 heavy (non-hydrogen) atoms. The smallest absolute Gasteiger partial charge is 0.330 e. The highest BCUT2D eigenvalue weighted by Gasteiger charge is 1.93. The maximum absolute atomic E-state index is 9.86. The predicted molar refractivity (Wildman–Crippen MR) is 73.7 cm³/mol. The van der Waals surface area contributed by atoms with Crippen LogP contribution in [0.15, 0.2) is 49.1 Å². The molecule has 0 amide bonds. The van der Waals surface area contributed by atoms with Crippen molar-refractivity contribution in [3.05, 3.63) is 60.2 Å². The van der Waals surface area contributed by atoms with Gasteiger partial charge in [-0.2, -0.15) is 0 Å². The van der Waals surface area contributed by atoms with Crippen LogP contribution in [0.3, 0.4) is 0 Å². The van der Waals surface area contributed by atoms with Crippen molar-refractivity contribution in [2.24, 2.45) is 0 Å². The van der Waals surface area contributed by atoms with Gasteiger partial charge in [-0.3, -0.25) is 0 Å². The number of carboxylic acids is 1. The molecule has 0 bridgehead atoms. The van der Waals surface area contributed by atoms with Crippen LogP contribution < -0.4 is 0 Å². The standard InChI is InChI=1S/C10H10.C5H8O2/c1-3-9-7-5-6-8-10(9)4-2;1-3-4(2)5(6)7/h3-8H,1-2H2;3H,1-2H3,(H,6,7). The molecule has 0 saturated heterocycles. The average molecular weight is 230 g/mol. The molecule has 1 N–H and O–H groups in total. The molecule has 0 fully saturated rings. The van der Waals surface area contributed by atoms with Crippen molar-refractivity contribution in [3.63, 3.8) is 0 Å². The molecule has 0 atom stereocenters. The second kappa shape index (κ2) is 8.11. The van der Waals surface area contributed by atoms with E-state index in [-0.39, 0.29) is 0 Å². The van der Waals surface area contributed by atoms with Crippen LogP contribution in [0.1, 0.15) is 25.0 Å². The van der Waals surface area contributed by atoms with Crippen LogP contribution in [0.5, 0.6) is 0 Å². The van der Waals surface area contributed by atoms with Gasteiger partial charge < -0.3 is 5.11 Å². The number of allylic oxidation sites excluding steroid dienone is 1. The Hall–Kier alpha value is -2.09. The van der Waals surface area contributed by atoms with E-state index >= 15 is 0 Å². The number of carboxylic acid groups (broad SMARTS) is 1. The summed E-state index contributed by atoms with van der Waals surface area (Å²) in [6, 6.07) is 8.02. The fourth-order valence-corrected chi connectivity index (χ4v) is 1.01. The molecule has 2 nitrogen and oxygen atoms in total. The van der Waals surface area contributed by atoms with Crippen LogP contribution in [0, 0.1) is 0 Å². The number of benzene rings is 1. The lowest BCUT2D eigenvalue weighted by Crippen LogP contribution is -1.93. The van der Waals surface area contributed by atoms with E-state index in [2.05, 4.69) is 13.2 Å². The summed E-state index contributed by atoms with van der Waals surface area (Å²) < 4.78 is 0. The van der Waals surface area contributed by atoms with Gasteiger partial charge in [0.15, 0.2) is 0 Å². The fourth-order valence-electron chi connectivity index (χ4n) is 1.01. The Balaban J connectivity index is 0.000000325. The Labute approximate surface area is 103 Å². The zero-order chi connectivity index (χ0) is 13.3. The fraction of sp³-hybridized carbons (Fsp3) is 0.133. The van der Waals surface area contributed by atoms with Gasteiger partial charge in [0.2, 0.25) is 0 Å². The highest BCUT2D eigenvalue weighted by molar-refractivity contribution is 5.85. The van der Waals surface area contributed by atoms with Crippen molar-refractivity contribution in [2.75, 3.05) is 0 Å². The Morgan fingerprint density at radius 3 is 1.76 bits per heavy atom. The summed E-state index contributed by atoms with van der Waals surface area (Å²) in [6.07, 6.45) is 5.22. The third-order valence-corrected chi connectivity index (χ3v) is 2.21. The highest BCUT2D eigenvalue weighted by Crippen LogP contribution is 2.10. The number of aliphatic carboxylic acids is 1. The Kier molecular flexibility index (Phi) is 7.11. The lowest BCUT2D eigenvalue weighted by atomic mass is 10.1. The van der Waals surface area contributed by atoms with Crippen molar-refractivity contribution < 1.29 is 9.90 Å². The first kappa shape index (κ1) is 14.9. The summed E-state index contributed by atoms with van der Waals surface area (Å²) in [4.78, 5) is 9.86. The molecule has 1 rings (SSSR count). The monoisotopic (exact) mass is 230 g/mol. The van der Waals surface area contributed by atoms with Gasteiger partial charge in [0, 0.05) is 5.57 Å². The van der Waals surface area contributed by atoms with Gasteiger partial charge in [0.05, 0.1) is 0 Å². The second-order valence-corrected chi connectivity index (χ2v) is 3.31. The van der Waals surface area contributed by atoms with Crippen molar-refractivity contribution in [1.29, 1.82) is 0 Å². The van der Waals surface area contributed by atoms with Crippen molar-refractivity contribution >= 4 is 18.1 Å². The summed E-state index contributed by atoms with van der Waals surface area (Å²) in [7, 11) is 0. The average Bonchev–Trinajstić information content (AvgIpc) is 2.38. The molecule has 0 radical (unpaired) electrons. The number of hydrogen-bond acceptors (Lipinski definition) is 1. The van der Waals surface area contributed by atoms with Gasteiger partial charge in [-0.25, -0.2) is 4.79 Å². The van der Waals surface area contributed by atoms with E-state index in [0.29, 0.717) is 5.57 Å². The van der Waals surface area contributed by atoms with Crippen LogP contribution in [-0.4, -0.2) is 11.1 Å². The van der Waals surface area contributed by atoms with Crippen molar-refractivity contribution in [2.45, 2.75) is 13.8 Å². The van der Waals surface area contributed by atoms with E-state index in [1.807, 2.05) is 36.4 Å². The maximum atomic E-state index is 9.86. The van der Waals surface area contributed by atoms with Gasteiger partial charge in [0.25, 0.3) is 0 Å². The Morgan fingerprint density at radius 1 is 1.18 bits per heavy atom. The van der Waals surface area contributed by atoms with E-state index in [1.165, 1.54) is 0 Å². The third kappa shape index (κ3) is 5.52. The lowest BCUT2D eigenvalue weighted by molar-refractivity contribution is -0.132. The molecular formula is C15H18O2. The van der Waals surface area contributed by atoms with Crippen molar-refractivity contribution in [3.8, 4) is 0 Å². The molecule has 0 aromatic heterocycles. The van der Waals surface area contributed by atoms with E-state index in [9.17, 15) is 4.79 Å². The minimum absolute atomic E-state index is 0.389. The molecule has 2 heteroatoms. The van der Waals surface area contributed by atoms with E-state index in [1.54, 1.807) is 19.9 Å². The predicted octanol–water partition coefficient (Wildman–Crippen LogP) is 4.01. The summed E-state index contributed by atoms with van der Waals surface area (Å²) in [5.74, 6) is -0.845. The summed E-state index contributed by atoms with van der Waals surface area (Å²) in [5, 5.41) is 8.11. The molecule has 0 aliphatic rings. The number of carbonyl (C=O) groups is 1. The first-order chi connectivity index (χ1) is 8.06. The first-order valence-electron chi connectivity index (χ1n) is 5.26. The Morgan fingerprint density at radius 2 is 1.59 bits per heavy atom. The molecule has 0 unspecified atom stereocenters. The van der Waals surface area contributed by atoms with E-state index in [0.717, 1.165) is 11.1 Å². The molecule has 0 spiro atoms. The van der Waals surface area contributed by atoms with Gasteiger partial charge in [0.1, 0.15) is 0 Å². The summed E-state index contributed by atoms with van der Waals surface area (Å²) in [6.45, 7) is 10.6. The molecule has 1 aromatic rings. The zero-order valence-electron chi connectivity index (χ0n) is 10.3. The third-order valence-electron chi connectivity index (χ3n) is 2.21. The van der Waals surface area contributed by atoms with Crippen LogP contribution in [-0.2, 0) is 4.79 Å². The normalized spacial score (nSPS) is 9.88. The molecular weight excluding hydrogens is 212 g/mol. The summed E-state index contributed by atoms with van der Waals surface area (Å²) in [5.41, 5.74) is 2.66. The lowest BCUT2D eigenvalue weighted by Gasteiger charge is -1.96.